The summed E-state index contributed by atoms with van der Waals surface area (Å²) in [7, 11) is 0. The van der Waals surface area contributed by atoms with Crippen LogP contribution in [0.4, 0.5) is 0 Å². The van der Waals surface area contributed by atoms with E-state index in [-0.39, 0.29) is 0 Å². The number of aliphatic hydroxyl groups is 1. The SMILES string of the molecule is Cc1cccc(C2CCN([C@@]3(O)CCc4ccccc4C3)CC2)c1. The highest BCUT2D eigenvalue weighted by molar-refractivity contribution is 5.31. The summed E-state index contributed by atoms with van der Waals surface area (Å²) in [5.41, 5.74) is 4.91. The molecule has 1 saturated heterocycles. The van der Waals surface area contributed by atoms with Gasteiger partial charge in [-0.3, -0.25) is 4.90 Å². The van der Waals surface area contributed by atoms with Crippen LogP contribution in [0.15, 0.2) is 48.5 Å². The second kappa shape index (κ2) is 6.34. The van der Waals surface area contributed by atoms with E-state index in [1.165, 1.54) is 22.3 Å². The number of rotatable bonds is 2. The van der Waals surface area contributed by atoms with Gasteiger partial charge < -0.3 is 5.11 Å². The molecule has 0 spiro atoms. The molecule has 1 aliphatic heterocycles. The molecule has 0 aromatic heterocycles. The fourth-order valence-corrected chi connectivity index (χ4v) is 4.53. The number of nitrogens with zero attached hydrogens (tertiary/aromatic N) is 1. The number of piperidine rings is 1. The molecule has 1 heterocycles. The van der Waals surface area contributed by atoms with Crippen LogP contribution in [0.5, 0.6) is 0 Å². The van der Waals surface area contributed by atoms with Crippen molar-refractivity contribution in [1.29, 1.82) is 0 Å². The minimum atomic E-state index is -0.647. The van der Waals surface area contributed by atoms with Gasteiger partial charge in [0, 0.05) is 19.5 Å². The molecule has 2 aromatic rings. The maximum absolute atomic E-state index is 11.3. The molecular formula is C22H27NO. The Hall–Kier alpha value is -1.64. The maximum Gasteiger partial charge on any atom is 0.122 e. The highest BCUT2D eigenvalue weighted by atomic mass is 16.3. The van der Waals surface area contributed by atoms with Gasteiger partial charge in [-0.15, -0.1) is 0 Å². The molecule has 24 heavy (non-hydrogen) atoms. The van der Waals surface area contributed by atoms with Crippen LogP contribution in [0.1, 0.15) is 47.4 Å². The first-order valence-electron chi connectivity index (χ1n) is 9.25. The molecule has 1 aliphatic carbocycles. The van der Waals surface area contributed by atoms with Crippen molar-refractivity contribution in [2.24, 2.45) is 0 Å². The lowest BCUT2D eigenvalue weighted by Gasteiger charge is -2.46. The average Bonchev–Trinajstić information content (AvgIpc) is 2.62. The van der Waals surface area contributed by atoms with E-state index in [1.807, 2.05) is 0 Å². The number of hydrogen-bond acceptors (Lipinski definition) is 2. The van der Waals surface area contributed by atoms with Gasteiger partial charge in [-0.2, -0.15) is 0 Å². The summed E-state index contributed by atoms with van der Waals surface area (Å²) in [5.74, 6) is 0.639. The zero-order chi connectivity index (χ0) is 16.6. The Bertz CT molecular complexity index is 717. The first-order valence-corrected chi connectivity index (χ1v) is 9.25. The lowest BCUT2D eigenvalue weighted by molar-refractivity contribution is -0.126. The van der Waals surface area contributed by atoms with Crippen molar-refractivity contribution in [1.82, 2.24) is 4.90 Å². The lowest BCUT2D eigenvalue weighted by atomic mass is 9.82. The molecule has 0 unspecified atom stereocenters. The summed E-state index contributed by atoms with van der Waals surface area (Å²) in [6.07, 6.45) is 4.92. The third-order valence-corrected chi connectivity index (χ3v) is 5.98. The van der Waals surface area contributed by atoms with Crippen molar-refractivity contribution in [2.75, 3.05) is 13.1 Å². The van der Waals surface area contributed by atoms with Gasteiger partial charge in [0.2, 0.25) is 0 Å². The number of benzene rings is 2. The summed E-state index contributed by atoms with van der Waals surface area (Å²) < 4.78 is 0. The van der Waals surface area contributed by atoms with Gasteiger partial charge in [-0.05, 0) is 55.2 Å². The topological polar surface area (TPSA) is 23.5 Å². The second-order valence-electron chi connectivity index (χ2n) is 7.60. The van der Waals surface area contributed by atoms with Crippen LogP contribution < -0.4 is 0 Å². The van der Waals surface area contributed by atoms with E-state index in [9.17, 15) is 5.11 Å². The highest BCUT2D eigenvalue weighted by Gasteiger charge is 2.39. The molecular weight excluding hydrogens is 294 g/mol. The Morgan fingerprint density at radius 3 is 2.50 bits per heavy atom. The highest BCUT2D eigenvalue weighted by Crippen LogP contribution is 2.36. The first kappa shape index (κ1) is 15.9. The third-order valence-electron chi connectivity index (χ3n) is 5.98. The van der Waals surface area contributed by atoms with Crippen molar-refractivity contribution in [3.8, 4) is 0 Å². The van der Waals surface area contributed by atoms with Gasteiger partial charge in [0.15, 0.2) is 0 Å². The van der Waals surface area contributed by atoms with Crippen molar-refractivity contribution >= 4 is 0 Å². The Morgan fingerprint density at radius 2 is 1.75 bits per heavy atom. The van der Waals surface area contributed by atoms with Gasteiger partial charge in [-0.25, -0.2) is 0 Å². The summed E-state index contributed by atoms with van der Waals surface area (Å²) in [5, 5.41) is 11.3. The largest absolute Gasteiger partial charge is 0.375 e. The zero-order valence-corrected chi connectivity index (χ0v) is 14.5. The molecule has 126 valence electrons. The molecule has 2 aromatic carbocycles. The van der Waals surface area contributed by atoms with E-state index in [2.05, 4.69) is 60.4 Å². The predicted octanol–water partition coefficient (Wildman–Crippen LogP) is 4.05. The minimum Gasteiger partial charge on any atom is -0.375 e. The Morgan fingerprint density at radius 1 is 1.00 bits per heavy atom. The Labute approximate surface area is 145 Å². The van der Waals surface area contributed by atoms with Gasteiger partial charge in [0.1, 0.15) is 5.72 Å². The monoisotopic (exact) mass is 321 g/mol. The normalized spacial score (nSPS) is 25.4. The Balaban J connectivity index is 1.44. The molecule has 1 N–H and O–H groups in total. The van der Waals surface area contributed by atoms with E-state index in [4.69, 9.17) is 0 Å². The molecule has 0 radical (unpaired) electrons. The van der Waals surface area contributed by atoms with Crippen LogP contribution in [0.3, 0.4) is 0 Å². The van der Waals surface area contributed by atoms with Crippen LogP contribution in [-0.2, 0) is 12.8 Å². The van der Waals surface area contributed by atoms with E-state index < -0.39 is 5.72 Å². The van der Waals surface area contributed by atoms with Crippen LogP contribution >= 0.6 is 0 Å². The summed E-state index contributed by atoms with van der Waals surface area (Å²) in [4.78, 5) is 2.34. The molecule has 0 saturated carbocycles. The number of hydrogen-bond donors (Lipinski definition) is 1. The van der Waals surface area contributed by atoms with Crippen LogP contribution in [0.2, 0.25) is 0 Å². The zero-order valence-electron chi connectivity index (χ0n) is 14.5. The fourth-order valence-electron chi connectivity index (χ4n) is 4.53. The molecule has 0 amide bonds. The van der Waals surface area contributed by atoms with Gasteiger partial charge in [0.05, 0.1) is 0 Å². The summed E-state index contributed by atoms with van der Waals surface area (Å²) in [6, 6.07) is 17.5. The van der Waals surface area contributed by atoms with Crippen LogP contribution in [0.25, 0.3) is 0 Å². The standard InChI is InChI=1S/C22H27NO/c1-17-5-4-8-20(15-17)19-10-13-23(14-11-19)22(24)12-9-18-6-2-3-7-21(18)16-22/h2-8,15,19,24H,9-14,16H2,1H3/t22-/m1/s1. The van der Waals surface area contributed by atoms with E-state index in [0.29, 0.717) is 5.92 Å². The van der Waals surface area contributed by atoms with Crippen LogP contribution in [-0.4, -0.2) is 28.8 Å². The lowest BCUT2D eigenvalue weighted by Crippen LogP contribution is -2.54. The first-order chi connectivity index (χ1) is 11.6. The quantitative estimate of drug-likeness (QED) is 0.902. The molecule has 2 heteroatoms. The molecule has 2 nitrogen and oxygen atoms in total. The second-order valence-corrected chi connectivity index (χ2v) is 7.60. The van der Waals surface area contributed by atoms with Gasteiger partial charge in [0.25, 0.3) is 0 Å². The molecule has 4 rings (SSSR count). The fraction of sp³-hybridized carbons (Fsp3) is 0.455. The number of aryl methyl sites for hydroxylation is 2. The van der Waals surface area contributed by atoms with E-state index in [1.54, 1.807) is 0 Å². The molecule has 1 fully saturated rings. The van der Waals surface area contributed by atoms with Crippen molar-refractivity contribution in [3.63, 3.8) is 0 Å². The summed E-state index contributed by atoms with van der Waals surface area (Å²) in [6.45, 7) is 4.16. The van der Waals surface area contributed by atoms with E-state index >= 15 is 0 Å². The van der Waals surface area contributed by atoms with Gasteiger partial charge in [-0.1, -0.05) is 54.1 Å². The Kier molecular flexibility index (Phi) is 4.19. The van der Waals surface area contributed by atoms with Crippen molar-refractivity contribution in [2.45, 2.75) is 50.7 Å². The maximum atomic E-state index is 11.3. The minimum absolute atomic E-state index is 0.639. The van der Waals surface area contributed by atoms with Crippen LogP contribution in [0, 0.1) is 6.92 Å². The average molecular weight is 321 g/mol. The van der Waals surface area contributed by atoms with Gasteiger partial charge >= 0.3 is 0 Å². The molecule has 1 atom stereocenters. The molecule has 2 aliphatic rings. The van der Waals surface area contributed by atoms with Crippen molar-refractivity contribution in [3.05, 3.63) is 70.8 Å². The van der Waals surface area contributed by atoms with E-state index in [0.717, 1.165) is 45.2 Å². The number of fused-ring (bicyclic) bond motifs is 1. The third kappa shape index (κ3) is 3.01. The smallest absolute Gasteiger partial charge is 0.122 e. The predicted molar refractivity (Wildman–Crippen MR) is 98.1 cm³/mol. The summed E-state index contributed by atoms with van der Waals surface area (Å²) >= 11 is 0. The number of likely N-dealkylation sites (tertiary alicyclic amines) is 1. The molecule has 0 bridgehead atoms. The van der Waals surface area contributed by atoms with Crippen molar-refractivity contribution < 1.29 is 5.11 Å².